The van der Waals surface area contributed by atoms with E-state index in [0.717, 1.165) is 6.42 Å². The molecule has 0 saturated carbocycles. The average Bonchev–Trinajstić information content (AvgIpc) is 2.42. The Labute approximate surface area is 127 Å². The molecule has 0 heterocycles. The highest BCUT2D eigenvalue weighted by molar-refractivity contribution is 9.10. The summed E-state index contributed by atoms with van der Waals surface area (Å²) in [6.45, 7) is 4.90. The maximum absolute atomic E-state index is 13.4. The molecule has 0 saturated heterocycles. The van der Waals surface area contributed by atoms with Gasteiger partial charge in [-0.05, 0) is 41.4 Å². The first kappa shape index (κ1) is 16.9. The van der Waals surface area contributed by atoms with Gasteiger partial charge in [0.05, 0.1) is 17.9 Å². The standard InChI is InChI=1S/C14H20BrFN2O2/c1-4-9(2)18(5-6-20-3)14(19)10-7-13(17)12(16)8-11(10)15/h7-9H,4-6,17H2,1-3H3. The van der Waals surface area contributed by atoms with Crippen LogP contribution in [0.5, 0.6) is 0 Å². The monoisotopic (exact) mass is 346 g/mol. The maximum Gasteiger partial charge on any atom is 0.255 e. The summed E-state index contributed by atoms with van der Waals surface area (Å²) >= 11 is 3.22. The van der Waals surface area contributed by atoms with Crippen molar-refractivity contribution in [3.63, 3.8) is 0 Å². The van der Waals surface area contributed by atoms with Crippen LogP contribution >= 0.6 is 15.9 Å². The number of halogens is 2. The number of nitrogens with two attached hydrogens (primary N) is 1. The van der Waals surface area contributed by atoms with Crippen molar-refractivity contribution in [2.75, 3.05) is 26.0 Å². The molecular weight excluding hydrogens is 327 g/mol. The van der Waals surface area contributed by atoms with Crippen LogP contribution in [0.3, 0.4) is 0 Å². The molecule has 0 fully saturated rings. The SMILES string of the molecule is CCC(C)N(CCOC)C(=O)c1cc(N)c(F)cc1Br. The molecule has 4 nitrogen and oxygen atoms in total. The minimum absolute atomic E-state index is 0.0348. The predicted octanol–water partition coefficient (Wildman–Crippen LogP) is 3.06. The summed E-state index contributed by atoms with van der Waals surface area (Å²) in [7, 11) is 1.59. The van der Waals surface area contributed by atoms with Crippen LogP contribution in [0.1, 0.15) is 30.6 Å². The lowest BCUT2D eigenvalue weighted by Gasteiger charge is -2.29. The molecule has 2 N–H and O–H groups in total. The smallest absolute Gasteiger partial charge is 0.255 e. The molecular formula is C14H20BrFN2O2. The van der Waals surface area contributed by atoms with E-state index < -0.39 is 5.82 Å². The van der Waals surface area contributed by atoms with Gasteiger partial charge in [-0.2, -0.15) is 0 Å². The highest BCUT2D eigenvalue weighted by atomic mass is 79.9. The summed E-state index contributed by atoms with van der Waals surface area (Å²) in [5.74, 6) is -0.726. The molecule has 0 aliphatic carbocycles. The zero-order valence-electron chi connectivity index (χ0n) is 12.0. The molecule has 1 aromatic carbocycles. The summed E-state index contributed by atoms with van der Waals surface area (Å²) < 4.78 is 18.8. The third-order valence-electron chi connectivity index (χ3n) is 3.24. The molecule has 0 aliphatic rings. The van der Waals surface area contributed by atoms with Crippen LogP contribution in [0.15, 0.2) is 16.6 Å². The molecule has 1 atom stereocenters. The van der Waals surface area contributed by atoms with Crippen LogP contribution in [-0.4, -0.2) is 37.1 Å². The summed E-state index contributed by atoms with van der Waals surface area (Å²) in [6.07, 6.45) is 0.823. The molecule has 1 rings (SSSR count). The normalized spacial score (nSPS) is 12.2. The molecule has 0 aromatic heterocycles. The van der Waals surface area contributed by atoms with Gasteiger partial charge in [-0.3, -0.25) is 4.79 Å². The summed E-state index contributed by atoms with van der Waals surface area (Å²) in [4.78, 5) is 14.3. The second kappa shape index (κ2) is 7.59. The van der Waals surface area contributed by atoms with Crippen molar-refractivity contribution in [3.05, 3.63) is 28.0 Å². The first-order valence-corrected chi connectivity index (χ1v) is 7.26. The first-order valence-electron chi connectivity index (χ1n) is 6.46. The molecule has 0 bridgehead atoms. The molecule has 0 radical (unpaired) electrons. The topological polar surface area (TPSA) is 55.6 Å². The lowest BCUT2D eigenvalue weighted by atomic mass is 10.1. The molecule has 0 aliphatic heterocycles. The van der Waals surface area contributed by atoms with E-state index >= 15 is 0 Å². The van der Waals surface area contributed by atoms with Gasteiger partial charge in [-0.1, -0.05) is 6.92 Å². The average molecular weight is 347 g/mol. The van der Waals surface area contributed by atoms with Crippen LogP contribution in [0, 0.1) is 5.82 Å². The number of hydrogen-bond acceptors (Lipinski definition) is 3. The Bertz CT molecular complexity index is 482. The van der Waals surface area contributed by atoms with E-state index in [1.54, 1.807) is 12.0 Å². The van der Waals surface area contributed by atoms with Crippen LogP contribution in [0.25, 0.3) is 0 Å². The number of nitrogen functional groups attached to an aromatic ring is 1. The molecule has 1 amide bonds. The quantitative estimate of drug-likeness (QED) is 0.805. The molecule has 112 valence electrons. The van der Waals surface area contributed by atoms with Gasteiger partial charge < -0.3 is 15.4 Å². The van der Waals surface area contributed by atoms with Gasteiger partial charge in [0, 0.05) is 24.2 Å². The van der Waals surface area contributed by atoms with Gasteiger partial charge in [0.2, 0.25) is 0 Å². The van der Waals surface area contributed by atoms with E-state index in [4.69, 9.17) is 10.5 Å². The van der Waals surface area contributed by atoms with Crippen molar-refractivity contribution in [2.24, 2.45) is 0 Å². The number of carbonyl (C=O) groups excluding carboxylic acids is 1. The maximum atomic E-state index is 13.4. The number of anilines is 1. The Hall–Kier alpha value is -1.14. The van der Waals surface area contributed by atoms with Crippen molar-refractivity contribution in [2.45, 2.75) is 26.3 Å². The predicted molar refractivity (Wildman–Crippen MR) is 81.2 cm³/mol. The third kappa shape index (κ3) is 3.93. The number of benzene rings is 1. The van der Waals surface area contributed by atoms with Crippen LogP contribution < -0.4 is 5.73 Å². The number of methoxy groups -OCH3 is 1. The Morgan fingerprint density at radius 1 is 1.55 bits per heavy atom. The second-order valence-electron chi connectivity index (χ2n) is 4.60. The number of nitrogens with zero attached hydrogens (tertiary/aromatic N) is 1. The second-order valence-corrected chi connectivity index (χ2v) is 5.46. The van der Waals surface area contributed by atoms with Crippen molar-refractivity contribution in [3.8, 4) is 0 Å². The number of rotatable bonds is 6. The lowest BCUT2D eigenvalue weighted by Crippen LogP contribution is -2.40. The van der Waals surface area contributed by atoms with Gasteiger partial charge >= 0.3 is 0 Å². The van der Waals surface area contributed by atoms with Crippen molar-refractivity contribution >= 4 is 27.5 Å². The Balaban J connectivity index is 3.08. The first-order chi connectivity index (χ1) is 9.42. The molecule has 0 spiro atoms. The number of carbonyl (C=O) groups is 1. The Morgan fingerprint density at radius 2 is 2.20 bits per heavy atom. The molecule has 1 unspecified atom stereocenters. The largest absolute Gasteiger partial charge is 0.396 e. The van der Waals surface area contributed by atoms with E-state index in [-0.39, 0.29) is 17.6 Å². The highest BCUT2D eigenvalue weighted by Crippen LogP contribution is 2.25. The van der Waals surface area contributed by atoms with E-state index in [0.29, 0.717) is 23.2 Å². The zero-order chi connectivity index (χ0) is 15.3. The fourth-order valence-corrected chi connectivity index (χ4v) is 2.30. The molecule has 20 heavy (non-hydrogen) atoms. The lowest BCUT2D eigenvalue weighted by molar-refractivity contribution is 0.0613. The fraction of sp³-hybridized carbons (Fsp3) is 0.500. The minimum atomic E-state index is -0.541. The van der Waals surface area contributed by atoms with Gasteiger partial charge in [0.25, 0.3) is 5.91 Å². The van der Waals surface area contributed by atoms with Gasteiger partial charge in [0.1, 0.15) is 5.82 Å². The summed E-state index contributed by atoms with van der Waals surface area (Å²) in [6, 6.07) is 2.65. The van der Waals surface area contributed by atoms with Gasteiger partial charge in [-0.25, -0.2) is 4.39 Å². The summed E-state index contributed by atoms with van der Waals surface area (Å²) in [5, 5.41) is 0. The van der Waals surface area contributed by atoms with Crippen LogP contribution in [-0.2, 0) is 4.74 Å². The van der Waals surface area contributed by atoms with E-state index in [1.807, 2.05) is 13.8 Å². The molecule has 1 aromatic rings. The van der Waals surface area contributed by atoms with Crippen molar-refractivity contribution in [1.82, 2.24) is 4.90 Å². The molecule has 6 heteroatoms. The van der Waals surface area contributed by atoms with Crippen LogP contribution in [0.2, 0.25) is 0 Å². The Kier molecular flexibility index (Phi) is 6.42. The minimum Gasteiger partial charge on any atom is -0.396 e. The number of amides is 1. The van der Waals surface area contributed by atoms with Crippen LogP contribution in [0.4, 0.5) is 10.1 Å². The van der Waals surface area contributed by atoms with Crippen molar-refractivity contribution < 1.29 is 13.9 Å². The number of ether oxygens (including phenoxy) is 1. The van der Waals surface area contributed by atoms with E-state index in [9.17, 15) is 9.18 Å². The fourth-order valence-electron chi connectivity index (χ4n) is 1.82. The Morgan fingerprint density at radius 3 is 2.75 bits per heavy atom. The van der Waals surface area contributed by atoms with E-state index in [1.165, 1.54) is 12.1 Å². The van der Waals surface area contributed by atoms with Crippen molar-refractivity contribution in [1.29, 1.82) is 0 Å². The van der Waals surface area contributed by atoms with Gasteiger partial charge in [0.15, 0.2) is 0 Å². The number of hydrogen-bond donors (Lipinski definition) is 1. The van der Waals surface area contributed by atoms with Gasteiger partial charge in [-0.15, -0.1) is 0 Å². The third-order valence-corrected chi connectivity index (χ3v) is 3.89. The van der Waals surface area contributed by atoms with E-state index in [2.05, 4.69) is 15.9 Å². The summed E-state index contributed by atoms with van der Waals surface area (Å²) in [5.41, 5.74) is 5.87. The zero-order valence-corrected chi connectivity index (χ0v) is 13.5. The highest BCUT2D eigenvalue weighted by Gasteiger charge is 2.23.